The molecule has 0 aromatic carbocycles. The maximum absolute atomic E-state index is 5.59. The summed E-state index contributed by atoms with van der Waals surface area (Å²) in [5.41, 5.74) is 6.34. The first-order chi connectivity index (χ1) is 5.49. The zero-order chi connectivity index (χ0) is 9.35. The Morgan fingerprint density at radius 2 is 1.67 bits per heavy atom. The van der Waals surface area contributed by atoms with Gasteiger partial charge in [-0.25, -0.2) is 10.9 Å². The Labute approximate surface area is 78.8 Å². The van der Waals surface area contributed by atoms with Gasteiger partial charge in [0, 0.05) is 14.1 Å². The highest BCUT2D eigenvalue weighted by Gasteiger charge is 2.33. The number of hydrogen-bond donors (Lipinski definition) is 2. The third-order valence-electron chi connectivity index (χ3n) is 1.92. The van der Waals surface area contributed by atoms with Crippen LogP contribution in [0.5, 0.6) is 0 Å². The van der Waals surface area contributed by atoms with Crippen LogP contribution >= 0.6 is 6.49 Å². The largest absolute Gasteiger partial charge is 0.256 e. The number of nitrogens with zero attached hydrogens (tertiary/aromatic N) is 3. The summed E-state index contributed by atoms with van der Waals surface area (Å²) in [6, 6.07) is 0. The zero-order valence-corrected chi connectivity index (χ0v) is 9.62. The van der Waals surface area contributed by atoms with Gasteiger partial charge in [0.2, 0.25) is 0 Å². The van der Waals surface area contributed by atoms with Crippen molar-refractivity contribution in [2.45, 2.75) is 0 Å². The minimum absolute atomic E-state index is 0.735. The van der Waals surface area contributed by atoms with Crippen LogP contribution in [0.3, 0.4) is 0 Å². The molecule has 0 aromatic rings. The van der Waals surface area contributed by atoms with Crippen molar-refractivity contribution in [1.29, 1.82) is 0 Å². The SMILES string of the molecule is CN(C)P1(=S)N(C)NCNN1C. The Hall–Kier alpha value is 0.450. The second-order valence-corrected chi connectivity index (χ2v) is 7.40. The van der Waals surface area contributed by atoms with Crippen LogP contribution in [-0.2, 0) is 11.8 Å². The summed E-state index contributed by atoms with van der Waals surface area (Å²) < 4.78 is 6.10. The Morgan fingerprint density at radius 3 is 1.92 bits per heavy atom. The lowest BCUT2D eigenvalue weighted by atomic mass is 11.1. The number of hydrazine groups is 2. The van der Waals surface area contributed by atoms with Crippen LogP contribution in [0.2, 0.25) is 0 Å². The highest BCUT2D eigenvalue weighted by molar-refractivity contribution is 8.11. The Balaban J connectivity index is 2.88. The lowest BCUT2D eigenvalue weighted by Crippen LogP contribution is -2.55. The van der Waals surface area contributed by atoms with Crippen molar-refractivity contribution in [1.82, 2.24) is 25.1 Å². The minimum atomic E-state index is -1.76. The highest BCUT2D eigenvalue weighted by atomic mass is 32.4. The Bertz CT molecular complexity index is 194. The third kappa shape index (κ3) is 1.56. The first-order valence-electron chi connectivity index (χ1n) is 3.73. The summed E-state index contributed by atoms with van der Waals surface area (Å²) >= 11 is 5.59. The van der Waals surface area contributed by atoms with E-state index in [4.69, 9.17) is 11.8 Å². The summed E-state index contributed by atoms with van der Waals surface area (Å²) in [6.07, 6.45) is 0. The zero-order valence-electron chi connectivity index (χ0n) is 7.90. The van der Waals surface area contributed by atoms with Gasteiger partial charge in [-0.05, 0) is 25.9 Å². The normalized spacial score (nSPS) is 26.4. The van der Waals surface area contributed by atoms with Crippen LogP contribution in [0.1, 0.15) is 0 Å². The van der Waals surface area contributed by atoms with Gasteiger partial charge in [0.15, 0.2) is 6.49 Å². The third-order valence-corrected chi connectivity index (χ3v) is 7.26. The van der Waals surface area contributed by atoms with Crippen LogP contribution in [-0.4, -0.2) is 49.1 Å². The van der Waals surface area contributed by atoms with E-state index in [1.54, 1.807) is 0 Å². The van der Waals surface area contributed by atoms with Gasteiger partial charge in [-0.2, -0.15) is 9.56 Å². The molecule has 1 fully saturated rings. The maximum Gasteiger partial charge on any atom is 0.171 e. The van der Waals surface area contributed by atoms with Crippen LogP contribution in [0.15, 0.2) is 0 Å². The molecule has 7 heteroatoms. The Morgan fingerprint density at radius 1 is 1.25 bits per heavy atom. The van der Waals surface area contributed by atoms with E-state index in [0.29, 0.717) is 0 Å². The molecular formula is C5H16N5PS. The molecule has 72 valence electrons. The molecule has 5 nitrogen and oxygen atoms in total. The lowest BCUT2D eigenvalue weighted by molar-refractivity contribution is 0.219. The molecule has 1 aliphatic heterocycles. The Kier molecular flexibility index (Phi) is 3.22. The fourth-order valence-electron chi connectivity index (χ4n) is 1.19. The standard InChI is InChI=1S/C5H16N5PS/c1-8(2)11(12)9(3)6-5-7-10(11)4/h6-7H,5H2,1-4H3. The number of rotatable bonds is 1. The van der Waals surface area contributed by atoms with Gasteiger partial charge >= 0.3 is 0 Å². The van der Waals surface area contributed by atoms with E-state index in [1.165, 1.54) is 0 Å². The van der Waals surface area contributed by atoms with Crippen molar-refractivity contribution >= 4 is 18.3 Å². The predicted molar refractivity (Wildman–Crippen MR) is 54.6 cm³/mol. The van der Waals surface area contributed by atoms with E-state index in [-0.39, 0.29) is 0 Å². The fraction of sp³-hybridized carbons (Fsp3) is 1.00. The molecule has 0 amide bonds. The molecule has 0 aliphatic carbocycles. The van der Waals surface area contributed by atoms with E-state index < -0.39 is 6.49 Å². The van der Waals surface area contributed by atoms with Crippen LogP contribution in [0.4, 0.5) is 0 Å². The van der Waals surface area contributed by atoms with Gasteiger partial charge in [0.05, 0.1) is 6.67 Å². The van der Waals surface area contributed by atoms with Crippen LogP contribution in [0.25, 0.3) is 0 Å². The molecule has 1 rings (SSSR count). The molecule has 0 unspecified atom stereocenters. The van der Waals surface area contributed by atoms with E-state index in [2.05, 4.69) is 15.5 Å². The molecule has 1 saturated heterocycles. The molecule has 0 saturated carbocycles. The maximum atomic E-state index is 5.59. The minimum Gasteiger partial charge on any atom is -0.256 e. The smallest absolute Gasteiger partial charge is 0.171 e. The van der Waals surface area contributed by atoms with Crippen molar-refractivity contribution in [3.8, 4) is 0 Å². The second-order valence-electron chi connectivity index (χ2n) is 2.90. The fourth-order valence-corrected chi connectivity index (χ4v) is 3.52. The molecule has 0 atom stereocenters. The molecule has 1 heterocycles. The molecule has 1 aliphatic rings. The molecule has 0 spiro atoms. The first-order valence-corrected chi connectivity index (χ1v) is 6.39. The van der Waals surface area contributed by atoms with Crippen LogP contribution in [0, 0.1) is 0 Å². The van der Waals surface area contributed by atoms with E-state index in [1.807, 2.05) is 37.7 Å². The lowest BCUT2D eigenvalue weighted by Gasteiger charge is -2.46. The predicted octanol–water partition coefficient (Wildman–Crippen LogP) is -0.384. The summed E-state index contributed by atoms with van der Waals surface area (Å²) in [6.45, 7) is -1.02. The van der Waals surface area contributed by atoms with Gasteiger partial charge < -0.3 is 0 Å². The van der Waals surface area contributed by atoms with Crippen molar-refractivity contribution in [3.05, 3.63) is 0 Å². The average molecular weight is 209 g/mol. The van der Waals surface area contributed by atoms with Crippen LogP contribution < -0.4 is 10.9 Å². The first kappa shape index (κ1) is 10.5. The summed E-state index contributed by atoms with van der Waals surface area (Å²) in [5.74, 6) is 0. The molecule has 0 bridgehead atoms. The summed E-state index contributed by atoms with van der Waals surface area (Å²) in [7, 11) is 7.97. The average Bonchev–Trinajstić information content (AvgIpc) is 1.99. The van der Waals surface area contributed by atoms with E-state index >= 15 is 0 Å². The highest BCUT2D eigenvalue weighted by Crippen LogP contribution is 2.51. The monoisotopic (exact) mass is 209 g/mol. The number of hydrogen-bond acceptors (Lipinski definition) is 3. The summed E-state index contributed by atoms with van der Waals surface area (Å²) in [4.78, 5) is 0. The molecule has 12 heavy (non-hydrogen) atoms. The van der Waals surface area contributed by atoms with Crippen molar-refractivity contribution in [3.63, 3.8) is 0 Å². The molecule has 0 aromatic heterocycles. The van der Waals surface area contributed by atoms with E-state index in [0.717, 1.165) is 6.67 Å². The van der Waals surface area contributed by atoms with Gasteiger partial charge in [0.25, 0.3) is 0 Å². The van der Waals surface area contributed by atoms with Gasteiger partial charge in [-0.1, -0.05) is 0 Å². The van der Waals surface area contributed by atoms with Gasteiger partial charge in [0.1, 0.15) is 0 Å². The van der Waals surface area contributed by atoms with Crippen molar-refractivity contribution < 1.29 is 0 Å². The summed E-state index contributed by atoms with van der Waals surface area (Å²) in [5, 5.41) is 0. The quantitative estimate of drug-likeness (QED) is 0.573. The van der Waals surface area contributed by atoms with Crippen molar-refractivity contribution in [2.24, 2.45) is 0 Å². The molecule has 0 radical (unpaired) electrons. The number of nitrogens with one attached hydrogen (secondary N) is 2. The van der Waals surface area contributed by atoms with Gasteiger partial charge in [-0.3, -0.25) is 4.67 Å². The second kappa shape index (κ2) is 3.67. The van der Waals surface area contributed by atoms with Crippen molar-refractivity contribution in [2.75, 3.05) is 34.9 Å². The van der Waals surface area contributed by atoms with Gasteiger partial charge in [-0.15, -0.1) is 0 Å². The molecular weight excluding hydrogens is 193 g/mol. The topological polar surface area (TPSA) is 33.8 Å². The van der Waals surface area contributed by atoms with E-state index in [9.17, 15) is 0 Å². The molecule has 2 N–H and O–H groups in total.